The number of carbonyl (C=O) groups is 3. The van der Waals surface area contributed by atoms with Gasteiger partial charge in [-0.1, -0.05) is 72.8 Å². The molecule has 2 heterocycles. The van der Waals surface area contributed by atoms with Crippen molar-refractivity contribution in [1.29, 1.82) is 0 Å². The number of hydrogen-bond donors (Lipinski definition) is 1. The van der Waals surface area contributed by atoms with Gasteiger partial charge in [0.05, 0.1) is 6.54 Å². The third-order valence-electron chi connectivity index (χ3n) is 5.81. The molecule has 1 fully saturated rings. The predicted octanol–water partition coefficient (Wildman–Crippen LogP) is 4.75. The van der Waals surface area contributed by atoms with Crippen molar-refractivity contribution in [2.24, 2.45) is 0 Å². The smallest absolute Gasteiger partial charge is 0.325 e. The number of hydrogen-bond acceptors (Lipinski definition) is 4. The van der Waals surface area contributed by atoms with Gasteiger partial charge in [-0.2, -0.15) is 0 Å². The zero-order valence-electron chi connectivity index (χ0n) is 17.4. The molecule has 3 aromatic carbocycles. The van der Waals surface area contributed by atoms with Crippen LogP contribution in [0.4, 0.5) is 4.79 Å². The molecule has 0 radical (unpaired) electrons. The number of para-hydroxylation sites is 1. The van der Waals surface area contributed by atoms with Gasteiger partial charge in [-0.3, -0.25) is 14.5 Å². The number of benzene rings is 3. The summed E-state index contributed by atoms with van der Waals surface area (Å²) in [4.78, 5) is 39.5. The molecular weight excluding hydrogens is 404 g/mol. The number of carbonyl (C=O) groups excluding carboxylic acids is 3. The predicted molar refractivity (Wildman–Crippen MR) is 120 cm³/mol. The largest absolute Gasteiger partial charge is 0.458 e. The number of urea groups is 1. The van der Waals surface area contributed by atoms with Gasteiger partial charge in [0, 0.05) is 10.9 Å². The van der Waals surface area contributed by atoms with Gasteiger partial charge in [0.2, 0.25) is 0 Å². The highest BCUT2D eigenvalue weighted by Gasteiger charge is 2.51. The number of nitrogens with zero attached hydrogens (tertiary/aromatic N) is 1. The summed E-state index contributed by atoms with van der Waals surface area (Å²) in [5.41, 5.74) is 1.71. The van der Waals surface area contributed by atoms with E-state index in [9.17, 15) is 14.4 Å². The number of rotatable bonds is 5. The van der Waals surface area contributed by atoms with Gasteiger partial charge in [-0.15, -0.1) is 0 Å². The Hall–Kier alpha value is -4.19. The summed E-state index contributed by atoms with van der Waals surface area (Å²) in [6.45, 7) is 1.25. The topological polar surface area (TPSA) is 79.6 Å². The van der Waals surface area contributed by atoms with E-state index in [2.05, 4.69) is 5.32 Å². The quantitative estimate of drug-likeness (QED) is 0.370. The first kappa shape index (κ1) is 19.8. The number of furan rings is 1. The molecule has 1 aliphatic rings. The minimum atomic E-state index is -1.37. The minimum Gasteiger partial charge on any atom is -0.458 e. The highest BCUT2D eigenvalue weighted by Crippen LogP contribution is 2.33. The van der Waals surface area contributed by atoms with E-state index in [1.54, 1.807) is 31.2 Å². The molecule has 158 valence electrons. The van der Waals surface area contributed by atoms with E-state index < -0.39 is 17.5 Å². The van der Waals surface area contributed by atoms with Crippen molar-refractivity contribution in [3.8, 4) is 11.1 Å². The second-order valence-corrected chi connectivity index (χ2v) is 7.96. The van der Waals surface area contributed by atoms with Crippen molar-refractivity contribution in [2.75, 3.05) is 6.54 Å². The third kappa shape index (κ3) is 3.26. The summed E-state index contributed by atoms with van der Waals surface area (Å²) in [7, 11) is 0. The Balaban J connectivity index is 1.35. The normalized spacial score (nSPS) is 18.2. The fraction of sp³-hybridized carbons (Fsp3) is 0.115. The van der Waals surface area contributed by atoms with Crippen molar-refractivity contribution in [3.05, 3.63) is 96.3 Å². The van der Waals surface area contributed by atoms with Crippen LogP contribution in [0.3, 0.4) is 0 Å². The van der Waals surface area contributed by atoms with Gasteiger partial charge in [0.1, 0.15) is 11.3 Å². The maximum atomic E-state index is 13.2. The molecule has 1 atom stereocenters. The van der Waals surface area contributed by atoms with Crippen LogP contribution in [0.2, 0.25) is 0 Å². The average molecular weight is 424 g/mol. The van der Waals surface area contributed by atoms with Crippen LogP contribution in [-0.2, 0) is 10.3 Å². The van der Waals surface area contributed by atoms with E-state index in [1.807, 2.05) is 60.7 Å². The lowest BCUT2D eigenvalue weighted by Crippen LogP contribution is -2.41. The van der Waals surface area contributed by atoms with Crippen LogP contribution in [-0.4, -0.2) is 29.2 Å². The van der Waals surface area contributed by atoms with Crippen molar-refractivity contribution in [3.63, 3.8) is 0 Å². The molecule has 0 bridgehead atoms. The molecule has 32 heavy (non-hydrogen) atoms. The fourth-order valence-electron chi connectivity index (χ4n) is 3.95. The van der Waals surface area contributed by atoms with Gasteiger partial charge in [-0.25, -0.2) is 4.79 Å². The lowest BCUT2D eigenvalue weighted by molar-refractivity contribution is -0.131. The Bertz CT molecular complexity index is 1310. The van der Waals surface area contributed by atoms with Crippen LogP contribution in [0.1, 0.15) is 23.0 Å². The Morgan fingerprint density at radius 3 is 2.28 bits per heavy atom. The highest BCUT2D eigenvalue weighted by atomic mass is 16.3. The molecule has 0 spiro atoms. The highest BCUT2D eigenvalue weighted by molar-refractivity contribution is 6.11. The van der Waals surface area contributed by atoms with Crippen LogP contribution < -0.4 is 5.32 Å². The second kappa shape index (κ2) is 7.50. The van der Waals surface area contributed by atoms with Crippen molar-refractivity contribution in [2.45, 2.75) is 12.5 Å². The van der Waals surface area contributed by atoms with Crippen molar-refractivity contribution in [1.82, 2.24) is 10.2 Å². The van der Waals surface area contributed by atoms with Gasteiger partial charge < -0.3 is 9.73 Å². The maximum Gasteiger partial charge on any atom is 0.325 e. The Morgan fingerprint density at radius 2 is 1.56 bits per heavy atom. The van der Waals surface area contributed by atoms with Crippen LogP contribution >= 0.6 is 0 Å². The molecule has 4 aromatic rings. The number of ketones is 1. The first-order valence-corrected chi connectivity index (χ1v) is 10.3. The SMILES string of the molecule is C[C@@]1(c2cc3ccccc3o2)NC(=O)N(CC(=O)c2ccc(-c3ccccc3)cc2)C1=O. The molecule has 1 aliphatic heterocycles. The summed E-state index contributed by atoms with van der Waals surface area (Å²) < 4.78 is 5.82. The summed E-state index contributed by atoms with van der Waals surface area (Å²) in [6.07, 6.45) is 0. The van der Waals surface area contributed by atoms with Gasteiger partial charge in [-0.05, 0) is 30.2 Å². The number of imide groups is 1. The molecule has 5 rings (SSSR count). The van der Waals surface area contributed by atoms with E-state index >= 15 is 0 Å². The van der Waals surface area contributed by atoms with E-state index in [0.29, 0.717) is 16.9 Å². The third-order valence-corrected chi connectivity index (χ3v) is 5.81. The Morgan fingerprint density at radius 1 is 0.906 bits per heavy atom. The van der Waals surface area contributed by atoms with Crippen LogP contribution in [0.25, 0.3) is 22.1 Å². The van der Waals surface area contributed by atoms with Crippen LogP contribution in [0.15, 0.2) is 89.3 Å². The number of amides is 3. The van der Waals surface area contributed by atoms with E-state index in [-0.39, 0.29) is 12.3 Å². The summed E-state index contributed by atoms with van der Waals surface area (Å²) >= 11 is 0. The Labute approximate surface area is 184 Å². The first-order valence-electron chi connectivity index (χ1n) is 10.3. The van der Waals surface area contributed by atoms with Crippen molar-refractivity contribution >= 4 is 28.7 Å². The van der Waals surface area contributed by atoms with Gasteiger partial charge in [0.25, 0.3) is 5.91 Å². The van der Waals surface area contributed by atoms with E-state index in [0.717, 1.165) is 21.4 Å². The van der Waals surface area contributed by atoms with E-state index in [4.69, 9.17) is 4.42 Å². The molecular formula is C26H20N2O4. The first-order chi connectivity index (χ1) is 15.5. The molecule has 0 unspecified atom stereocenters. The van der Waals surface area contributed by atoms with Crippen LogP contribution in [0, 0.1) is 0 Å². The fourth-order valence-corrected chi connectivity index (χ4v) is 3.95. The molecule has 1 aromatic heterocycles. The molecule has 0 saturated carbocycles. The average Bonchev–Trinajstić information content (AvgIpc) is 3.35. The molecule has 6 heteroatoms. The molecule has 6 nitrogen and oxygen atoms in total. The van der Waals surface area contributed by atoms with Crippen LogP contribution in [0.5, 0.6) is 0 Å². The molecule has 0 aliphatic carbocycles. The van der Waals surface area contributed by atoms with E-state index in [1.165, 1.54) is 0 Å². The lowest BCUT2D eigenvalue weighted by Gasteiger charge is -2.18. The standard InChI is InChI=1S/C26H20N2O4/c1-26(23-15-20-9-5-6-10-22(20)32-23)24(30)28(25(31)27-26)16-21(29)19-13-11-18(12-14-19)17-7-3-2-4-8-17/h2-15H,16H2,1H3,(H,27,31)/t26-/m0/s1. The second-order valence-electron chi connectivity index (χ2n) is 7.96. The zero-order valence-corrected chi connectivity index (χ0v) is 17.4. The summed E-state index contributed by atoms with van der Waals surface area (Å²) in [5, 5.41) is 3.52. The molecule has 3 amide bonds. The van der Waals surface area contributed by atoms with Gasteiger partial charge >= 0.3 is 6.03 Å². The summed E-state index contributed by atoms with van der Waals surface area (Å²) in [5.74, 6) is -0.503. The lowest BCUT2D eigenvalue weighted by atomic mass is 9.98. The van der Waals surface area contributed by atoms with Gasteiger partial charge in [0.15, 0.2) is 11.3 Å². The zero-order chi connectivity index (χ0) is 22.3. The monoisotopic (exact) mass is 424 g/mol. The summed E-state index contributed by atoms with van der Waals surface area (Å²) in [6, 6.07) is 25.4. The number of fused-ring (bicyclic) bond motifs is 1. The number of Topliss-reactive ketones (excluding diaryl/α,β-unsaturated/α-hetero) is 1. The minimum absolute atomic E-state index is 0.318. The Kier molecular flexibility index (Phi) is 4.63. The van der Waals surface area contributed by atoms with Crippen molar-refractivity contribution < 1.29 is 18.8 Å². The molecule has 1 saturated heterocycles. The molecule has 1 N–H and O–H groups in total. The maximum absolute atomic E-state index is 13.2. The number of nitrogens with one attached hydrogen (secondary N) is 1.